The van der Waals surface area contributed by atoms with E-state index in [0.717, 1.165) is 29.9 Å². The summed E-state index contributed by atoms with van der Waals surface area (Å²) in [6, 6.07) is 3.71. The Morgan fingerprint density at radius 1 is 1.33 bits per heavy atom. The Balaban J connectivity index is 1.94. The lowest BCUT2D eigenvalue weighted by molar-refractivity contribution is 0.0976. The van der Waals surface area contributed by atoms with E-state index in [0.29, 0.717) is 24.5 Å². The predicted molar refractivity (Wildman–Crippen MR) is 92.5 cm³/mol. The smallest absolute Gasteiger partial charge is 0.280 e. The summed E-state index contributed by atoms with van der Waals surface area (Å²) < 4.78 is 5.29. The first-order chi connectivity index (χ1) is 11.5. The molecule has 0 saturated carbocycles. The van der Waals surface area contributed by atoms with Crippen molar-refractivity contribution in [1.29, 1.82) is 0 Å². The number of amides is 1. The first kappa shape index (κ1) is 16.4. The highest BCUT2D eigenvalue weighted by atomic mass is 16.5. The fourth-order valence-electron chi connectivity index (χ4n) is 2.99. The van der Waals surface area contributed by atoms with Gasteiger partial charge in [0.15, 0.2) is 17.3 Å². The highest BCUT2D eigenvalue weighted by Gasteiger charge is 2.29. The minimum atomic E-state index is -0.138. The molecule has 7 heteroatoms. The van der Waals surface area contributed by atoms with Crippen LogP contribution in [0.25, 0.3) is 0 Å². The number of anilines is 2. The molecule has 0 radical (unpaired) electrons. The lowest BCUT2D eigenvalue weighted by Crippen LogP contribution is -2.37. The second-order valence-electron chi connectivity index (χ2n) is 6.51. The minimum Gasteiger partial charge on any atom is -0.361 e. The molecule has 0 aromatic carbocycles. The summed E-state index contributed by atoms with van der Waals surface area (Å²) in [7, 11) is 7.76. The standard InChI is InChI=1S/C17H23N5O2/c1-20(2)11-13-10-14(19-24-13)17(23)22-9-5-6-12-7-8-18-16(15(12)22)21(3)4/h7-8,10H,5-6,9,11H2,1-4H3. The van der Waals surface area contributed by atoms with Crippen molar-refractivity contribution in [3.63, 3.8) is 0 Å². The van der Waals surface area contributed by atoms with Gasteiger partial charge < -0.3 is 19.2 Å². The van der Waals surface area contributed by atoms with Gasteiger partial charge in [0.05, 0.1) is 12.2 Å². The Morgan fingerprint density at radius 2 is 2.12 bits per heavy atom. The molecule has 0 N–H and O–H groups in total. The molecule has 3 heterocycles. The van der Waals surface area contributed by atoms with Crippen LogP contribution in [0.2, 0.25) is 0 Å². The maximum Gasteiger partial charge on any atom is 0.280 e. The van der Waals surface area contributed by atoms with Crippen molar-refractivity contribution in [3.8, 4) is 0 Å². The first-order valence-corrected chi connectivity index (χ1v) is 8.04. The second kappa shape index (κ2) is 6.60. The normalized spacial score (nSPS) is 14.0. The fourth-order valence-corrected chi connectivity index (χ4v) is 2.99. The molecule has 0 saturated heterocycles. The molecule has 24 heavy (non-hydrogen) atoms. The number of pyridine rings is 1. The molecule has 0 atom stereocenters. The van der Waals surface area contributed by atoms with E-state index in [1.165, 1.54) is 0 Å². The molecule has 0 spiro atoms. The summed E-state index contributed by atoms with van der Waals surface area (Å²) in [6.07, 6.45) is 3.68. The van der Waals surface area contributed by atoms with Crippen LogP contribution in [0, 0.1) is 0 Å². The van der Waals surface area contributed by atoms with Crippen LogP contribution in [0.4, 0.5) is 11.5 Å². The second-order valence-corrected chi connectivity index (χ2v) is 6.51. The van der Waals surface area contributed by atoms with Crippen LogP contribution < -0.4 is 9.80 Å². The number of aryl methyl sites for hydroxylation is 1. The molecule has 2 aromatic rings. The van der Waals surface area contributed by atoms with Gasteiger partial charge in [0.25, 0.3) is 5.91 Å². The molecule has 0 aliphatic carbocycles. The fraction of sp³-hybridized carbons (Fsp3) is 0.471. The maximum absolute atomic E-state index is 13.0. The van der Waals surface area contributed by atoms with Crippen LogP contribution in [-0.2, 0) is 13.0 Å². The average Bonchev–Trinajstić information content (AvgIpc) is 3.00. The third-order valence-electron chi connectivity index (χ3n) is 4.01. The number of aromatic nitrogens is 2. The first-order valence-electron chi connectivity index (χ1n) is 8.04. The molecule has 1 aliphatic rings. The quantitative estimate of drug-likeness (QED) is 0.852. The van der Waals surface area contributed by atoms with Gasteiger partial charge in [-0.05, 0) is 38.6 Å². The summed E-state index contributed by atoms with van der Waals surface area (Å²) >= 11 is 0. The van der Waals surface area contributed by atoms with E-state index in [4.69, 9.17) is 4.52 Å². The van der Waals surface area contributed by atoms with E-state index in [1.807, 2.05) is 44.1 Å². The number of nitrogens with zero attached hydrogens (tertiary/aromatic N) is 5. The zero-order valence-electron chi connectivity index (χ0n) is 14.6. The van der Waals surface area contributed by atoms with Gasteiger partial charge in [-0.2, -0.15) is 0 Å². The van der Waals surface area contributed by atoms with E-state index in [1.54, 1.807) is 17.2 Å². The number of hydrogen-bond acceptors (Lipinski definition) is 6. The molecule has 1 aliphatic heterocycles. The summed E-state index contributed by atoms with van der Waals surface area (Å²) in [5.74, 6) is 1.35. The minimum absolute atomic E-state index is 0.138. The molecular formula is C17H23N5O2. The van der Waals surface area contributed by atoms with Crippen molar-refractivity contribution >= 4 is 17.4 Å². The van der Waals surface area contributed by atoms with Gasteiger partial charge in [-0.3, -0.25) is 4.79 Å². The van der Waals surface area contributed by atoms with Crippen LogP contribution in [0.1, 0.15) is 28.2 Å². The Labute approximate surface area is 141 Å². The van der Waals surface area contributed by atoms with Gasteiger partial charge in [0.2, 0.25) is 0 Å². The van der Waals surface area contributed by atoms with Gasteiger partial charge >= 0.3 is 0 Å². The third-order valence-corrected chi connectivity index (χ3v) is 4.01. The topological polar surface area (TPSA) is 65.7 Å². The van der Waals surface area contributed by atoms with Gasteiger partial charge in [0, 0.05) is 32.9 Å². The monoisotopic (exact) mass is 329 g/mol. The van der Waals surface area contributed by atoms with Gasteiger partial charge in [-0.15, -0.1) is 0 Å². The van der Waals surface area contributed by atoms with Crippen molar-refractivity contribution in [2.75, 3.05) is 44.5 Å². The van der Waals surface area contributed by atoms with Crippen LogP contribution in [0.5, 0.6) is 0 Å². The summed E-state index contributed by atoms with van der Waals surface area (Å²) in [4.78, 5) is 23.1. The number of carbonyl (C=O) groups excluding carboxylic acids is 1. The van der Waals surface area contributed by atoms with E-state index < -0.39 is 0 Å². The van der Waals surface area contributed by atoms with Crippen molar-refractivity contribution in [1.82, 2.24) is 15.0 Å². The largest absolute Gasteiger partial charge is 0.361 e. The van der Waals surface area contributed by atoms with Crippen LogP contribution in [0.15, 0.2) is 22.9 Å². The Hall–Kier alpha value is -2.41. The highest BCUT2D eigenvalue weighted by molar-refractivity contribution is 6.07. The summed E-state index contributed by atoms with van der Waals surface area (Å²) in [5.41, 5.74) is 2.37. The van der Waals surface area contributed by atoms with Crippen LogP contribution in [-0.4, -0.2) is 55.7 Å². The third kappa shape index (κ3) is 3.12. The van der Waals surface area contributed by atoms with E-state index in [9.17, 15) is 4.79 Å². The van der Waals surface area contributed by atoms with Crippen molar-refractivity contribution in [2.24, 2.45) is 0 Å². The van der Waals surface area contributed by atoms with Crippen molar-refractivity contribution in [2.45, 2.75) is 19.4 Å². The molecule has 0 bridgehead atoms. The lowest BCUT2D eigenvalue weighted by Gasteiger charge is -2.31. The number of hydrogen-bond donors (Lipinski definition) is 0. The zero-order valence-corrected chi connectivity index (χ0v) is 14.6. The Bertz CT molecular complexity index is 738. The van der Waals surface area contributed by atoms with Crippen LogP contribution >= 0.6 is 0 Å². The molecule has 128 valence electrons. The SMILES string of the molecule is CN(C)Cc1cc(C(=O)N2CCCc3ccnc(N(C)C)c32)no1. The van der Waals surface area contributed by atoms with Gasteiger partial charge in [-0.1, -0.05) is 5.16 Å². The lowest BCUT2D eigenvalue weighted by atomic mass is 10.0. The number of rotatable bonds is 4. The van der Waals surface area contributed by atoms with Gasteiger partial charge in [-0.25, -0.2) is 4.98 Å². The Kier molecular flexibility index (Phi) is 4.53. The summed E-state index contributed by atoms with van der Waals surface area (Å²) in [6.45, 7) is 1.27. The molecular weight excluding hydrogens is 306 g/mol. The molecule has 7 nitrogen and oxygen atoms in total. The molecule has 0 unspecified atom stereocenters. The zero-order chi connectivity index (χ0) is 17.3. The number of carbonyl (C=O) groups is 1. The summed E-state index contributed by atoms with van der Waals surface area (Å²) in [5, 5.41) is 3.96. The molecule has 3 rings (SSSR count). The molecule has 0 fully saturated rings. The molecule has 1 amide bonds. The maximum atomic E-state index is 13.0. The predicted octanol–water partition coefficient (Wildman–Crippen LogP) is 1.79. The van der Waals surface area contributed by atoms with Gasteiger partial charge in [0.1, 0.15) is 0 Å². The van der Waals surface area contributed by atoms with E-state index >= 15 is 0 Å². The highest BCUT2D eigenvalue weighted by Crippen LogP contribution is 2.35. The molecule has 2 aromatic heterocycles. The van der Waals surface area contributed by atoms with E-state index in [2.05, 4.69) is 10.1 Å². The van der Waals surface area contributed by atoms with Crippen molar-refractivity contribution < 1.29 is 9.32 Å². The van der Waals surface area contributed by atoms with Crippen LogP contribution in [0.3, 0.4) is 0 Å². The average molecular weight is 329 g/mol. The Morgan fingerprint density at radius 3 is 2.83 bits per heavy atom. The van der Waals surface area contributed by atoms with Crippen molar-refractivity contribution in [3.05, 3.63) is 35.3 Å². The number of fused-ring (bicyclic) bond motifs is 1. The van der Waals surface area contributed by atoms with E-state index in [-0.39, 0.29) is 5.91 Å².